The molecule has 10 heteroatoms. The van der Waals surface area contributed by atoms with Crippen LogP contribution < -0.4 is 10.9 Å². The van der Waals surface area contributed by atoms with E-state index >= 15 is 0 Å². The van der Waals surface area contributed by atoms with E-state index in [1.165, 1.54) is 24.3 Å². The van der Waals surface area contributed by atoms with Crippen LogP contribution in [0.25, 0.3) is 0 Å². The molecule has 2 N–H and O–H groups in total. The predicted octanol–water partition coefficient (Wildman–Crippen LogP) is 1.41. The van der Waals surface area contributed by atoms with Crippen LogP contribution in [-0.2, 0) is 11.3 Å². The summed E-state index contributed by atoms with van der Waals surface area (Å²) in [6, 6.07) is 14.6. The molecular formula is C17H15FN6O2S. The average molecular weight is 386 g/mol. The fourth-order valence-corrected chi connectivity index (χ4v) is 2.80. The third-order valence-electron chi connectivity index (χ3n) is 3.43. The molecule has 0 aliphatic rings. The molecule has 3 rings (SSSR count). The number of nitrogens with zero attached hydrogens (tertiary/aromatic N) is 4. The standard InChI is InChI=1S/C17H15FN6O2S/c18-14-8-6-13(7-9-14)16(26)20-19-15(25)11-27-17-21-22-23-24(17)10-12-4-2-1-3-5-12/h1-9H,10-11H2,(H,19,25)(H,20,26). The minimum Gasteiger partial charge on any atom is -0.272 e. The van der Waals surface area contributed by atoms with Crippen LogP contribution in [0.4, 0.5) is 4.39 Å². The fraction of sp³-hybridized carbons (Fsp3) is 0.118. The topological polar surface area (TPSA) is 102 Å². The number of benzene rings is 2. The highest BCUT2D eigenvalue weighted by atomic mass is 32.2. The van der Waals surface area contributed by atoms with Gasteiger partial charge in [0.1, 0.15) is 5.82 Å². The van der Waals surface area contributed by atoms with E-state index in [2.05, 4.69) is 26.4 Å². The van der Waals surface area contributed by atoms with Crippen molar-refractivity contribution in [1.82, 2.24) is 31.1 Å². The number of nitrogens with one attached hydrogen (secondary N) is 2. The number of carbonyl (C=O) groups excluding carboxylic acids is 2. The molecule has 2 amide bonds. The first kappa shape index (κ1) is 18.5. The maximum absolute atomic E-state index is 12.8. The van der Waals surface area contributed by atoms with Crippen LogP contribution in [0.3, 0.4) is 0 Å². The molecule has 0 aliphatic carbocycles. The maximum atomic E-state index is 12.8. The van der Waals surface area contributed by atoms with Crippen LogP contribution in [0.15, 0.2) is 59.8 Å². The van der Waals surface area contributed by atoms with Gasteiger partial charge in [-0.3, -0.25) is 20.4 Å². The first-order chi connectivity index (χ1) is 13.1. The zero-order chi connectivity index (χ0) is 19.1. The van der Waals surface area contributed by atoms with Gasteiger partial charge in [0.15, 0.2) is 0 Å². The molecule has 0 bridgehead atoms. The minimum atomic E-state index is -0.540. The van der Waals surface area contributed by atoms with Gasteiger partial charge >= 0.3 is 0 Å². The number of hydrogen-bond acceptors (Lipinski definition) is 6. The molecule has 1 aromatic heterocycles. The summed E-state index contributed by atoms with van der Waals surface area (Å²) in [5.74, 6) is -1.40. The van der Waals surface area contributed by atoms with Crippen molar-refractivity contribution in [2.24, 2.45) is 0 Å². The highest BCUT2D eigenvalue weighted by molar-refractivity contribution is 7.99. The van der Waals surface area contributed by atoms with Crippen LogP contribution in [-0.4, -0.2) is 37.8 Å². The van der Waals surface area contributed by atoms with Gasteiger partial charge in [-0.1, -0.05) is 42.1 Å². The van der Waals surface area contributed by atoms with Crippen molar-refractivity contribution in [3.05, 3.63) is 71.5 Å². The molecule has 0 spiro atoms. The number of amides is 2. The van der Waals surface area contributed by atoms with Crippen LogP contribution in [0.1, 0.15) is 15.9 Å². The molecule has 0 fully saturated rings. The number of rotatable bonds is 6. The minimum absolute atomic E-state index is 0.0128. The monoisotopic (exact) mass is 386 g/mol. The lowest BCUT2D eigenvalue weighted by Crippen LogP contribution is -2.42. The molecule has 0 radical (unpaired) electrons. The Hall–Kier alpha value is -3.27. The van der Waals surface area contributed by atoms with Gasteiger partial charge in [0.05, 0.1) is 12.3 Å². The first-order valence-corrected chi connectivity index (χ1v) is 8.88. The molecule has 1 heterocycles. The van der Waals surface area contributed by atoms with E-state index in [1.54, 1.807) is 4.68 Å². The van der Waals surface area contributed by atoms with Gasteiger partial charge in [0, 0.05) is 5.56 Å². The normalized spacial score (nSPS) is 10.4. The van der Waals surface area contributed by atoms with Crippen LogP contribution >= 0.6 is 11.8 Å². The Morgan fingerprint density at radius 1 is 1.04 bits per heavy atom. The Morgan fingerprint density at radius 3 is 2.52 bits per heavy atom. The number of hydrazine groups is 1. The Bertz CT molecular complexity index is 917. The largest absolute Gasteiger partial charge is 0.272 e. The second-order valence-electron chi connectivity index (χ2n) is 5.40. The van der Waals surface area contributed by atoms with Crippen LogP contribution in [0, 0.1) is 5.82 Å². The summed E-state index contributed by atoms with van der Waals surface area (Å²) in [5.41, 5.74) is 5.83. The van der Waals surface area contributed by atoms with Crippen molar-refractivity contribution in [2.45, 2.75) is 11.7 Å². The summed E-state index contributed by atoms with van der Waals surface area (Å²) in [6.07, 6.45) is 0. The van der Waals surface area contributed by atoms with Gasteiger partial charge in [-0.25, -0.2) is 9.07 Å². The summed E-state index contributed by atoms with van der Waals surface area (Å²) in [4.78, 5) is 23.8. The fourth-order valence-electron chi connectivity index (χ4n) is 2.12. The van der Waals surface area contributed by atoms with Crippen LogP contribution in [0.2, 0.25) is 0 Å². The van der Waals surface area contributed by atoms with E-state index in [0.717, 1.165) is 17.3 Å². The van der Waals surface area contributed by atoms with E-state index in [1.807, 2.05) is 30.3 Å². The number of thioether (sulfide) groups is 1. The lowest BCUT2D eigenvalue weighted by Gasteiger charge is -2.07. The Morgan fingerprint density at radius 2 is 1.78 bits per heavy atom. The predicted molar refractivity (Wildman–Crippen MR) is 96.1 cm³/mol. The molecule has 0 unspecified atom stereocenters. The van der Waals surface area contributed by atoms with E-state index in [4.69, 9.17) is 0 Å². The van der Waals surface area contributed by atoms with E-state index in [0.29, 0.717) is 11.7 Å². The average Bonchev–Trinajstić information content (AvgIpc) is 3.13. The molecule has 0 saturated heterocycles. The van der Waals surface area contributed by atoms with Crippen molar-refractivity contribution in [3.63, 3.8) is 0 Å². The zero-order valence-electron chi connectivity index (χ0n) is 14.0. The number of carbonyl (C=O) groups is 2. The van der Waals surface area contributed by atoms with Gasteiger partial charge in [-0.2, -0.15) is 0 Å². The second kappa shape index (κ2) is 8.90. The molecule has 27 heavy (non-hydrogen) atoms. The van der Waals surface area contributed by atoms with Crippen molar-refractivity contribution in [1.29, 1.82) is 0 Å². The van der Waals surface area contributed by atoms with Gasteiger partial charge in [-0.05, 0) is 40.3 Å². The maximum Gasteiger partial charge on any atom is 0.269 e. The van der Waals surface area contributed by atoms with Crippen molar-refractivity contribution < 1.29 is 14.0 Å². The number of halogens is 1. The lowest BCUT2D eigenvalue weighted by atomic mass is 10.2. The summed E-state index contributed by atoms with van der Waals surface area (Å²) in [7, 11) is 0. The highest BCUT2D eigenvalue weighted by Gasteiger charge is 2.12. The molecule has 8 nitrogen and oxygen atoms in total. The van der Waals surface area contributed by atoms with Crippen molar-refractivity contribution >= 4 is 23.6 Å². The molecule has 0 aliphatic heterocycles. The SMILES string of the molecule is O=C(CSc1nnnn1Cc1ccccc1)NNC(=O)c1ccc(F)cc1. The first-order valence-electron chi connectivity index (χ1n) is 7.89. The lowest BCUT2D eigenvalue weighted by molar-refractivity contribution is -0.119. The van der Waals surface area contributed by atoms with Gasteiger partial charge in [0.2, 0.25) is 11.1 Å². The molecule has 0 atom stereocenters. The summed E-state index contributed by atoms with van der Waals surface area (Å²) in [6.45, 7) is 0.485. The molecule has 0 saturated carbocycles. The molecular weight excluding hydrogens is 371 g/mol. The van der Waals surface area contributed by atoms with Gasteiger partial charge in [0.25, 0.3) is 5.91 Å². The number of hydrogen-bond donors (Lipinski definition) is 2. The second-order valence-corrected chi connectivity index (χ2v) is 6.35. The van der Waals surface area contributed by atoms with E-state index in [-0.39, 0.29) is 11.3 Å². The van der Waals surface area contributed by atoms with Crippen molar-refractivity contribution in [3.8, 4) is 0 Å². The molecule has 138 valence electrons. The van der Waals surface area contributed by atoms with E-state index < -0.39 is 17.6 Å². The number of aromatic nitrogens is 4. The van der Waals surface area contributed by atoms with Crippen molar-refractivity contribution in [2.75, 3.05) is 5.75 Å². The van der Waals surface area contributed by atoms with Gasteiger partial charge < -0.3 is 0 Å². The Balaban J connectivity index is 1.47. The molecule has 3 aromatic rings. The summed E-state index contributed by atoms with van der Waals surface area (Å²) in [5, 5.41) is 11.9. The van der Waals surface area contributed by atoms with Crippen LogP contribution in [0.5, 0.6) is 0 Å². The summed E-state index contributed by atoms with van der Waals surface area (Å²) >= 11 is 1.14. The Kier molecular flexibility index (Phi) is 6.10. The highest BCUT2D eigenvalue weighted by Crippen LogP contribution is 2.14. The number of tetrazole rings is 1. The third kappa shape index (κ3) is 5.35. The molecule has 2 aromatic carbocycles. The van der Waals surface area contributed by atoms with Gasteiger partial charge in [-0.15, -0.1) is 5.10 Å². The third-order valence-corrected chi connectivity index (χ3v) is 4.39. The zero-order valence-corrected chi connectivity index (χ0v) is 14.8. The van der Waals surface area contributed by atoms with E-state index in [9.17, 15) is 14.0 Å². The summed E-state index contributed by atoms with van der Waals surface area (Å²) < 4.78 is 14.4. The smallest absolute Gasteiger partial charge is 0.269 e. The Labute approximate surface area is 158 Å². The quantitative estimate of drug-likeness (QED) is 0.491.